The van der Waals surface area contributed by atoms with E-state index in [-0.39, 0.29) is 6.54 Å². The molecular formula is C6H11N3O5. The van der Waals surface area contributed by atoms with Crippen LogP contribution in [0.5, 0.6) is 0 Å². The van der Waals surface area contributed by atoms with Crippen LogP contribution < -0.4 is 0 Å². The van der Waals surface area contributed by atoms with E-state index in [0.717, 1.165) is 0 Å². The van der Waals surface area contributed by atoms with Crippen LogP contribution in [0, 0.1) is 0 Å². The van der Waals surface area contributed by atoms with E-state index < -0.39 is 30.7 Å². The fraction of sp³-hybridized carbons (Fsp3) is 1.00. The first kappa shape index (κ1) is 11.2. The minimum Gasteiger partial charge on any atom is -0.391 e. The maximum absolute atomic E-state index is 9.39. The van der Waals surface area contributed by atoms with E-state index in [0.29, 0.717) is 0 Å². The Morgan fingerprint density at radius 2 is 2.14 bits per heavy atom. The van der Waals surface area contributed by atoms with Gasteiger partial charge < -0.3 is 25.2 Å². The third-order valence-corrected chi connectivity index (χ3v) is 2.07. The summed E-state index contributed by atoms with van der Waals surface area (Å²) >= 11 is 0. The van der Waals surface area contributed by atoms with Crippen molar-refractivity contribution >= 4 is 0 Å². The Morgan fingerprint density at radius 3 is 2.57 bits per heavy atom. The van der Waals surface area contributed by atoms with Gasteiger partial charge in [-0.25, -0.2) is 0 Å². The first-order chi connectivity index (χ1) is 6.55. The highest BCUT2D eigenvalue weighted by Gasteiger charge is 2.52. The molecule has 0 bridgehead atoms. The molecule has 8 nitrogen and oxygen atoms in total. The molecule has 0 spiro atoms. The van der Waals surface area contributed by atoms with Crippen molar-refractivity contribution in [2.75, 3.05) is 13.2 Å². The minimum absolute atomic E-state index is 0.225. The predicted molar refractivity (Wildman–Crippen MR) is 42.9 cm³/mol. The zero-order valence-corrected chi connectivity index (χ0v) is 7.19. The number of nitrogens with zero attached hydrogens (tertiary/aromatic N) is 3. The monoisotopic (exact) mass is 205 g/mol. The highest BCUT2D eigenvalue weighted by atomic mass is 16.7. The summed E-state index contributed by atoms with van der Waals surface area (Å²) in [6.45, 7) is -1.07. The summed E-state index contributed by atoms with van der Waals surface area (Å²) in [7, 11) is 0. The normalized spacial score (nSPS) is 42.1. The lowest BCUT2D eigenvalue weighted by molar-refractivity contribution is -0.244. The highest BCUT2D eigenvalue weighted by molar-refractivity contribution is 4.95. The quantitative estimate of drug-likeness (QED) is 0.242. The third kappa shape index (κ3) is 1.80. The fourth-order valence-corrected chi connectivity index (χ4v) is 1.26. The number of aliphatic hydroxyl groups excluding tert-OH is 3. The third-order valence-electron chi connectivity index (χ3n) is 2.07. The van der Waals surface area contributed by atoms with Crippen LogP contribution >= 0.6 is 0 Å². The Balaban J connectivity index is 2.71. The molecule has 14 heavy (non-hydrogen) atoms. The summed E-state index contributed by atoms with van der Waals surface area (Å²) in [5.74, 6) is -2.19. The molecule has 1 fully saturated rings. The van der Waals surface area contributed by atoms with Crippen molar-refractivity contribution in [3.05, 3.63) is 10.4 Å². The van der Waals surface area contributed by atoms with Gasteiger partial charge in [-0.3, -0.25) is 0 Å². The van der Waals surface area contributed by atoms with E-state index in [1.165, 1.54) is 0 Å². The summed E-state index contributed by atoms with van der Waals surface area (Å²) in [6, 6.07) is 0. The van der Waals surface area contributed by atoms with Gasteiger partial charge in [0.1, 0.15) is 12.2 Å². The molecule has 1 aliphatic rings. The second-order valence-corrected chi connectivity index (χ2v) is 3.01. The summed E-state index contributed by atoms with van der Waals surface area (Å²) in [5.41, 5.74) is 8.01. The van der Waals surface area contributed by atoms with E-state index in [1.54, 1.807) is 0 Å². The van der Waals surface area contributed by atoms with Crippen molar-refractivity contribution in [3.63, 3.8) is 0 Å². The van der Waals surface area contributed by atoms with Crippen molar-refractivity contribution in [1.29, 1.82) is 0 Å². The lowest BCUT2D eigenvalue weighted by atomic mass is 10.1. The van der Waals surface area contributed by atoms with Gasteiger partial charge in [0.15, 0.2) is 0 Å². The van der Waals surface area contributed by atoms with E-state index in [9.17, 15) is 15.3 Å². The fourth-order valence-electron chi connectivity index (χ4n) is 1.26. The van der Waals surface area contributed by atoms with E-state index in [2.05, 4.69) is 10.0 Å². The Hall–Kier alpha value is -0.890. The Bertz CT molecular complexity index is 256. The molecule has 0 aromatic carbocycles. The molecule has 0 aromatic heterocycles. The van der Waals surface area contributed by atoms with E-state index >= 15 is 0 Å². The smallest absolute Gasteiger partial charge is 0.219 e. The van der Waals surface area contributed by atoms with Crippen molar-refractivity contribution in [1.82, 2.24) is 0 Å². The van der Waals surface area contributed by atoms with Crippen LogP contribution in [0.2, 0.25) is 0 Å². The number of ether oxygens (including phenoxy) is 1. The van der Waals surface area contributed by atoms with Gasteiger partial charge in [0.05, 0.1) is 19.3 Å². The number of rotatable bonds is 3. The highest BCUT2D eigenvalue weighted by Crippen LogP contribution is 2.28. The molecule has 0 amide bonds. The summed E-state index contributed by atoms with van der Waals surface area (Å²) in [5, 5.41) is 39.8. The number of hydrogen-bond acceptors (Lipinski definition) is 6. The topological polar surface area (TPSA) is 139 Å². The zero-order valence-electron chi connectivity index (χ0n) is 7.19. The van der Waals surface area contributed by atoms with Gasteiger partial charge in [0, 0.05) is 4.91 Å². The largest absolute Gasteiger partial charge is 0.391 e. The average molecular weight is 205 g/mol. The molecule has 1 rings (SSSR count). The predicted octanol–water partition coefficient (Wildman–Crippen LogP) is -1.90. The molecule has 4 unspecified atom stereocenters. The summed E-state index contributed by atoms with van der Waals surface area (Å²) in [4.78, 5) is 2.44. The van der Waals surface area contributed by atoms with Crippen molar-refractivity contribution in [2.45, 2.75) is 24.1 Å². The first-order valence-electron chi connectivity index (χ1n) is 3.93. The Labute approximate surface area is 79.0 Å². The van der Waals surface area contributed by atoms with Gasteiger partial charge in [-0.2, -0.15) is 0 Å². The molecule has 0 saturated carbocycles. The van der Waals surface area contributed by atoms with E-state index in [4.69, 9.17) is 15.4 Å². The lowest BCUT2D eigenvalue weighted by Crippen LogP contribution is -2.46. The molecule has 1 saturated heterocycles. The van der Waals surface area contributed by atoms with Gasteiger partial charge in [0.25, 0.3) is 0 Å². The first-order valence-corrected chi connectivity index (χ1v) is 3.93. The molecular weight excluding hydrogens is 194 g/mol. The van der Waals surface area contributed by atoms with Crippen LogP contribution in [0.25, 0.3) is 10.4 Å². The molecule has 4 N–H and O–H groups in total. The Morgan fingerprint density at radius 1 is 1.50 bits per heavy atom. The molecule has 0 aliphatic carbocycles. The summed E-state index contributed by atoms with van der Waals surface area (Å²) in [6.07, 6.45) is -4.03. The van der Waals surface area contributed by atoms with Gasteiger partial charge in [0.2, 0.25) is 5.79 Å². The molecule has 1 aliphatic heterocycles. The Kier molecular flexibility index (Phi) is 3.27. The van der Waals surface area contributed by atoms with Crippen LogP contribution in [0.15, 0.2) is 5.11 Å². The summed E-state index contributed by atoms with van der Waals surface area (Å²) < 4.78 is 4.77. The zero-order chi connectivity index (χ0) is 10.8. The van der Waals surface area contributed by atoms with Crippen LogP contribution in [0.1, 0.15) is 0 Å². The van der Waals surface area contributed by atoms with Crippen LogP contribution in [-0.2, 0) is 4.74 Å². The molecule has 0 aromatic rings. The van der Waals surface area contributed by atoms with Crippen LogP contribution in [-0.4, -0.2) is 57.7 Å². The second-order valence-electron chi connectivity index (χ2n) is 3.01. The second kappa shape index (κ2) is 4.09. The molecule has 0 radical (unpaired) electrons. The molecule has 8 heteroatoms. The van der Waals surface area contributed by atoms with Gasteiger partial charge in [-0.15, -0.1) is 0 Å². The van der Waals surface area contributed by atoms with E-state index in [1.807, 2.05) is 0 Å². The van der Waals surface area contributed by atoms with Gasteiger partial charge >= 0.3 is 0 Å². The number of aliphatic hydroxyl groups is 4. The van der Waals surface area contributed by atoms with Crippen LogP contribution in [0.3, 0.4) is 0 Å². The SMILES string of the molecule is [N-]=[N+]=NCC1OC(O)(CO)C(O)C1O. The van der Waals surface area contributed by atoms with Crippen molar-refractivity contribution < 1.29 is 25.2 Å². The molecule has 1 heterocycles. The average Bonchev–Trinajstić information content (AvgIpc) is 2.41. The maximum atomic E-state index is 9.39. The standard InChI is InChI=1S/C6H11N3O5/c7-9-8-1-3-4(11)5(12)6(13,2-10)14-3/h3-5,10-13H,1-2H2. The molecule has 80 valence electrons. The lowest BCUT2D eigenvalue weighted by Gasteiger charge is -2.22. The maximum Gasteiger partial charge on any atom is 0.219 e. The van der Waals surface area contributed by atoms with Gasteiger partial charge in [-0.05, 0) is 5.53 Å². The number of azide groups is 1. The van der Waals surface area contributed by atoms with Crippen LogP contribution in [0.4, 0.5) is 0 Å². The molecule has 4 atom stereocenters. The van der Waals surface area contributed by atoms with Gasteiger partial charge in [-0.1, -0.05) is 5.11 Å². The van der Waals surface area contributed by atoms with Crippen molar-refractivity contribution in [3.8, 4) is 0 Å². The number of hydrogen-bond donors (Lipinski definition) is 4. The van der Waals surface area contributed by atoms with Crippen molar-refractivity contribution in [2.24, 2.45) is 5.11 Å². The minimum atomic E-state index is -2.19.